The largest absolute Gasteiger partial charge is 0.0888 e. The molecule has 4 atom stereocenters. The second kappa shape index (κ2) is 5.62. The minimum atomic E-state index is 0.569. The molecule has 110 valence electrons. The fraction of sp³-hybridized carbons (Fsp3) is 0.895. The smallest absolute Gasteiger partial charge is 0.0259 e. The molecule has 0 aromatic rings. The molecule has 0 saturated heterocycles. The zero-order valence-corrected chi connectivity index (χ0v) is 13.8. The van der Waals surface area contributed by atoms with Gasteiger partial charge in [0.25, 0.3) is 0 Å². The molecule has 2 fully saturated rings. The lowest BCUT2D eigenvalue weighted by atomic mass is 9.46. The van der Waals surface area contributed by atoms with Crippen molar-refractivity contribution in [2.45, 2.75) is 79.6 Å². The van der Waals surface area contributed by atoms with Crippen LogP contribution in [0.3, 0.4) is 0 Å². The minimum Gasteiger partial charge on any atom is -0.0888 e. The zero-order chi connectivity index (χ0) is 14.1. The van der Waals surface area contributed by atoms with Crippen LogP contribution in [0.1, 0.15) is 79.6 Å². The van der Waals surface area contributed by atoms with Crippen LogP contribution >= 0.6 is 0 Å². The van der Waals surface area contributed by atoms with Gasteiger partial charge in [-0.15, -0.1) is 0 Å². The highest BCUT2D eigenvalue weighted by Gasteiger charge is 2.53. The van der Waals surface area contributed by atoms with Crippen molar-refractivity contribution in [3.05, 3.63) is 12.2 Å². The molecule has 2 saturated carbocycles. The number of rotatable bonds is 3. The second-order valence-electron chi connectivity index (χ2n) is 8.18. The lowest BCUT2D eigenvalue weighted by molar-refractivity contribution is -0.0922. The summed E-state index contributed by atoms with van der Waals surface area (Å²) in [6.07, 6.45) is 14.6. The molecule has 0 spiro atoms. The average Bonchev–Trinajstić information content (AvgIpc) is 2.31. The van der Waals surface area contributed by atoms with E-state index >= 15 is 0 Å². The lowest BCUT2D eigenvalue weighted by Crippen LogP contribution is -2.51. The summed E-state index contributed by atoms with van der Waals surface area (Å²) in [5.41, 5.74) is 1.16. The van der Waals surface area contributed by atoms with E-state index in [1.165, 1.54) is 44.9 Å². The van der Waals surface area contributed by atoms with Gasteiger partial charge in [0.05, 0.1) is 0 Å². The third-order valence-corrected chi connectivity index (χ3v) is 6.51. The summed E-state index contributed by atoms with van der Waals surface area (Å²) in [6.45, 7) is 12.4. The molecule has 0 heterocycles. The molecule has 0 aromatic carbocycles. The van der Waals surface area contributed by atoms with Crippen molar-refractivity contribution >= 4 is 0 Å². The van der Waals surface area contributed by atoms with Crippen molar-refractivity contribution in [1.29, 1.82) is 0 Å². The van der Waals surface area contributed by atoms with Crippen molar-refractivity contribution in [3.63, 3.8) is 0 Å². The van der Waals surface area contributed by atoms with Gasteiger partial charge in [-0.1, -0.05) is 59.6 Å². The summed E-state index contributed by atoms with van der Waals surface area (Å²) in [7, 11) is 0. The SMILES string of the molecule is CC/C=C/CC1[C@@H](C)CC[C@H]2C(C)(C)CCC[C@]12C. The van der Waals surface area contributed by atoms with Crippen LogP contribution in [0.25, 0.3) is 0 Å². The maximum absolute atomic E-state index is 2.62. The molecule has 2 rings (SSSR count). The Morgan fingerprint density at radius 1 is 1.05 bits per heavy atom. The van der Waals surface area contributed by atoms with Crippen LogP contribution in [0.5, 0.6) is 0 Å². The van der Waals surface area contributed by atoms with Crippen molar-refractivity contribution in [1.82, 2.24) is 0 Å². The molecular formula is C19H34. The van der Waals surface area contributed by atoms with Crippen LogP contribution in [0.15, 0.2) is 12.2 Å². The van der Waals surface area contributed by atoms with Crippen LogP contribution in [0, 0.1) is 28.6 Å². The highest BCUT2D eigenvalue weighted by Crippen LogP contribution is 2.61. The molecule has 0 heteroatoms. The molecule has 0 aliphatic heterocycles. The van der Waals surface area contributed by atoms with Gasteiger partial charge in [0.2, 0.25) is 0 Å². The van der Waals surface area contributed by atoms with Crippen molar-refractivity contribution < 1.29 is 0 Å². The lowest BCUT2D eigenvalue weighted by Gasteiger charge is -2.59. The van der Waals surface area contributed by atoms with E-state index in [-0.39, 0.29) is 0 Å². The predicted molar refractivity (Wildman–Crippen MR) is 85.2 cm³/mol. The highest BCUT2D eigenvalue weighted by atomic mass is 14.6. The molecule has 1 unspecified atom stereocenters. The summed E-state index contributed by atoms with van der Waals surface area (Å²) in [5.74, 6) is 2.77. The van der Waals surface area contributed by atoms with E-state index in [1.54, 1.807) is 0 Å². The van der Waals surface area contributed by atoms with Crippen molar-refractivity contribution in [2.75, 3.05) is 0 Å². The van der Waals surface area contributed by atoms with Crippen LogP contribution in [-0.4, -0.2) is 0 Å². The quantitative estimate of drug-likeness (QED) is 0.529. The Labute approximate surface area is 121 Å². The monoisotopic (exact) mass is 262 g/mol. The van der Waals surface area contributed by atoms with Gasteiger partial charge in [-0.05, 0) is 60.7 Å². The molecule has 0 nitrogen and oxygen atoms in total. The van der Waals surface area contributed by atoms with E-state index in [2.05, 4.69) is 46.8 Å². The Bertz CT molecular complexity index is 325. The van der Waals surface area contributed by atoms with Crippen molar-refractivity contribution in [3.8, 4) is 0 Å². The summed E-state index contributed by atoms with van der Waals surface area (Å²) < 4.78 is 0. The van der Waals surface area contributed by atoms with Crippen LogP contribution < -0.4 is 0 Å². The Morgan fingerprint density at radius 2 is 1.79 bits per heavy atom. The molecule has 0 aromatic heterocycles. The van der Waals surface area contributed by atoms with Crippen molar-refractivity contribution in [2.24, 2.45) is 28.6 Å². The first-order chi connectivity index (χ1) is 8.92. The summed E-state index contributed by atoms with van der Waals surface area (Å²) in [5, 5.41) is 0. The van der Waals surface area contributed by atoms with Gasteiger partial charge in [-0.3, -0.25) is 0 Å². The number of hydrogen-bond donors (Lipinski definition) is 0. The van der Waals surface area contributed by atoms with Crippen LogP contribution in [-0.2, 0) is 0 Å². The van der Waals surface area contributed by atoms with E-state index in [0.717, 1.165) is 17.8 Å². The summed E-state index contributed by atoms with van der Waals surface area (Å²) >= 11 is 0. The molecular weight excluding hydrogens is 228 g/mol. The molecule has 19 heavy (non-hydrogen) atoms. The van der Waals surface area contributed by atoms with E-state index < -0.39 is 0 Å². The fourth-order valence-electron chi connectivity index (χ4n) is 5.52. The number of hydrogen-bond acceptors (Lipinski definition) is 0. The first kappa shape index (κ1) is 15.1. The number of fused-ring (bicyclic) bond motifs is 1. The first-order valence-electron chi connectivity index (χ1n) is 8.57. The van der Waals surface area contributed by atoms with Crippen LogP contribution in [0.4, 0.5) is 0 Å². The molecule has 0 amide bonds. The standard InChI is InChI=1S/C19H34/c1-6-7-8-10-16-15(2)11-12-17-18(3,4)13-9-14-19(16,17)5/h7-8,15-17H,6,9-14H2,1-5H3/b8-7+/t15-,16?,17-,19+/m0/s1. The maximum Gasteiger partial charge on any atom is -0.0259 e. The number of allylic oxidation sites excluding steroid dienone is 2. The second-order valence-corrected chi connectivity index (χ2v) is 8.18. The topological polar surface area (TPSA) is 0 Å². The first-order valence-corrected chi connectivity index (χ1v) is 8.57. The van der Waals surface area contributed by atoms with E-state index in [4.69, 9.17) is 0 Å². The molecule has 2 aliphatic carbocycles. The Hall–Kier alpha value is -0.260. The maximum atomic E-state index is 2.62. The van der Waals surface area contributed by atoms with Gasteiger partial charge in [0, 0.05) is 0 Å². The fourth-order valence-corrected chi connectivity index (χ4v) is 5.52. The van der Waals surface area contributed by atoms with Gasteiger partial charge in [0.15, 0.2) is 0 Å². The van der Waals surface area contributed by atoms with E-state index in [0.29, 0.717) is 10.8 Å². The van der Waals surface area contributed by atoms with Gasteiger partial charge >= 0.3 is 0 Å². The summed E-state index contributed by atoms with van der Waals surface area (Å²) in [4.78, 5) is 0. The van der Waals surface area contributed by atoms with Gasteiger partial charge in [0.1, 0.15) is 0 Å². The average molecular weight is 262 g/mol. The molecule has 0 bridgehead atoms. The highest BCUT2D eigenvalue weighted by molar-refractivity contribution is 5.04. The van der Waals surface area contributed by atoms with E-state index in [1.807, 2.05) is 0 Å². The van der Waals surface area contributed by atoms with Gasteiger partial charge in [-0.25, -0.2) is 0 Å². The predicted octanol–water partition coefficient (Wildman–Crippen LogP) is 6.22. The third-order valence-electron chi connectivity index (χ3n) is 6.51. The zero-order valence-electron chi connectivity index (χ0n) is 13.8. The van der Waals surface area contributed by atoms with E-state index in [9.17, 15) is 0 Å². The summed E-state index contributed by atoms with van der Waals surface area (Å²) in [6, 6.07) is 0. The molecule has 0 radical (unpaired) electrons. The molecule has 2 aliphatic rings. The Morgan fingerprint density at radius 3 is 2.47 bits per heavy atom. The molecule has 0 N–H and O–H groups in total. The minimum absolute atomic E-state index is 0.569. The normalized spacial score (nSPS) is 42.3. The van der Waals surface area contributed by atoms with Gasteiger partial charge < -0.3 is 0 Å². The van der Waals surface area contributed by atoms with Gasteiger partial charge in [-0.2, -0.15) is 0 Å². The third kappa shape index (κ3) is 2.78. The Kier molecular flexibility index (Phi) is 4.48. The Balaban J connectivity index is 2.22. The van der Waals surface area contributed by atoms with Crippen LogP contribution in [0.2, 0.25) is 0 Å².